The zero-order chi connectivity index (χ0) is 15.5. The molecule has 0 radical (unpaired) electrons. The summed E-state index contributed by atoms with van der Waals surface area (Å²) in [5.74, 6) is 2.19. The van der Waals surface area contributed by atoms with Crippen LogP contribution >= 0.6 is 11.6 Å². The lowest BCUT2D eigenvalue weighted by atomic mass is 9.95. The molecule has 2 aromatic rings. The molecule has 0 bridgehead atoms. The van der Waals surface area contributed by atoms with Crippen LogP contribution in [0.1, 0.15) is 25.5 Å². The quantitative estimate of drug-likeness (QED) is 0.885. The van der Waals surface area contributed by atoms with Crippen molar-refractivity contribution in [2.24, 2.45) is 11.8 Å². The molecular weight excluding hydrogens is 296 g/mol. The monoisotopic (exact) mass is 318 g/mol. The molecule has 0 amide bonds. The summed E-state index contributed by atoms with van der Waals surface area (Å²) >= 11 is 5.99. The number of hydrogen-bond donors (Lipinski definition) is 2. The van der Waals surface area contributed by atoms with Gasteiger partial charge in [-0.3, -0.25) is 0 Å². The molecule has 2 unspecified atom stereocenters. The predicted octanol–water partition coefficient (Wildman–Crippen LogP) is 3.57. The fraction of sp³-hybridized carbons (Fsp3) is 0.471. The van der Waals surface area contributed by atoms with E-state index < -0.39 is 0 Å². The van der Waals surface area contributed by atoms with Crippen LogP contribution in [0.15, 0.2) is 36.5 Å². The lowest BCUT2D eigenvalue weighted by Gasteiger charge is -2.29. The number of nitrogens with zero attached hydrogens (tertiary/aromatic N) is 2. The zero-order valence-electron chi connectivity index (χ0n) is 13.1. The van der Waals surface area contributed by atoms with Crippen LogP contribution in [0.5, 0.6) is 0 Å². The number of anilines is 1. The number of aromatic nitrogens is 2. The average molecular weight is 319 g/mol. The fourth-order valence-corrected chi connectivity index (χ4v) is 3.15. The van der Waals surface area contributed by atoms with Gasteiger partial charge >= 0.3 is 0 Å². The molecule has 2 heterocycles. The molecule has 118 valence electrons. The first-order valence-electron chi connectivity index (χ1n) is 7.88. The van der Waals surface area contributed by atoms with Gasteiger partial charge in [0.2, 0.25) is 0 Å². The van der Waals surface area contributed by atoms with Crippen LogP contribution in [-0.2, 0) is 6.54 Å². The van der Waals surface area contributed by atoms with E-state index in [0.717, 1.165) is 30.5 Å². The van der Waals surface area contributed by atoms with E-state index in [1.165, 1.54) is 5.56 Å². The van der Waals surface area contributed by atoms with E-state index in [4.69, 9.17) is 11.6 Å². The van der Waals surface area contributed by atoms with Crippen LogP contribution in [0.3, 0.4) is 0 Å². The predicted molar refractivity (Wildman–Crippen MR) is 91.2 cm³/mol. The highest BCUT2D eigenvalue weighted by Crippen LogP contribution is 2.24. The molecule has 2 N–H and O–H groups in total. The topological polar surface area (TPSA) is 41.9 Å². The maximum Gasteiger partial charge on any atom is 0.124 e. The van der Waals surface area contributed by atoms with Gasteiger partial charge in [0, 0.05) is 42.7 Å². The smallest absolute Gasteiger partial charge is 0.124 e. The van der Waals surface area contributed by atoms with Gasteiger partial charge in [0.25, 0.3) is 0 Å². The Balaban J connectivity index is 1.62. The Morgan fingerprint density at radius 3 is 2.82 bits per heavy atom. The van der Waals surface area contributed by atoms with Crippen molar-refractivity contribution in [1.82, 2.24) is 15.1 Å². The molecule has 5 heteroatoms. The third-order valence-electron chi connectivity index (χ3n) is 4.24. The number of nitrogens with one attached hydrogen (secondary N) is 2. The Kier molecular flexibility index (Phi) is 4.69. The van der Waals surface area contributed by atoms with E-state index in [0.29, 0.717) is 17.9 Å². The second kappa shape index (κ2) is 6.71. The van der Waals surface area contributed by atoms with E-state index in [-0.39, 0.29) is 0 Å². The molecule has 0 saturated carbocycles. The van der Waals surface area contributed by atoms with Crippen molar-refractivity contribution in [3.8, 4) is 0 Å². The lowest BCUT2D eigenvalue weighted by Crippen LogP contribution is -2.38. The van der Waals surface area contributed by atoms with Gasteiger partial charge in [-0.2, -0.15) is 5.10 Å². The zero-order valence-corrected chi connectivity index (χ0v) is 13.8. The third-order valence-corrected chi connectivity index (χ3v) is 4.49. The van der Waals surface area contributed by atoms with Crippen LogP contribution in [0, 0.1) is 11.8 Å². The molecule has 4 nitrogen and oxygen atoms in total. The van der Waals surface area contributed by atoms with Gasteiger partial charge in [-0.15, -0.1) is 0 Å². The Hall–Kier alpha value is -1.52. The summed E-state index contributed by atoms with van der Waals surface area (Å²) in [6, 6.07) is 10.5. The van der Waals surface area contributed by atoms with Crippen LogP contribution in [0.4, 0.5) is 5.82 Å². The molecule has 0 fully saturated rings. The Morgan fingerprint density at radius 2 is 2.09 bits per heavy atom. The number of benzene rings is 1. The average Bonchev–Trinajstić information content (AvgIpc) is 2.96. The number of hydrogen-bond acceptors (Lipinski definition) is 3. The summed E-state index contributed by atoms with van der Waals surface area (Å²) in [4.78, 5) is 0. The normalized spacial score (nSPS) is 18.8. The molecule has 1 aliphatic rings. The Morgan fingerprint density at radius 1 is 1.32 bits per heavy atom. The van der Waals surface area contributed by atoms with Crippen molar-refractivity contribution in [2.75, 3.05) is 18.4 Å². The minimum atomic E-state index is 0.344. The lowest BCUT2D eigenvalue weighted by molar-refractivity contribution is 0.337. The van der Waals surface area contributed by atoms with Gasteiger partial charge in [0.05, 0.1) is 6.20 Å². The number of halogens is 1. The highest BCUT2D eigenvalue weighted by Gasteiger charge is 2.21. The van der Waals surface area contributed by atoms with E-state index in [2.05, 4.69) is 41.7 Å². The summed E-state index contributed by atoms with van der Waals surface area (Å²) in [7, 11) is 0. The van der Waals surface area contributed by atoms with Crippen molar-refractivity contribution in [3.63, 3.8) is 0 Å². The van der Waals surface area contributed by atoms with Crippen molar-refractivity contribution >= 4 is 17.4 Å². The van der Waals surface area contributed by atoms with E-state index in [9.17, 15) is 0 Å². The molecule has 0 saturated heterocycles. The number of rotatable bonds is 5. The summed E-state index contributed by atoms with van der Waals surface area (Å²) in [5.41, 5.74) is 1.29. The standard InChI is InChI=1S/C17H23ClN4/c1-12(2)17(14-3-5-15(18)6-4-14)20-10-13-9-19-16-7-8-21-22(16)11-13/h3-8,12-13,17,19-20H,9-11H2,1-2H3. The minimum absolute atomic E-state index is 0.344. The highest BCUT2D eigenvalue weighted by molar-refractivity contribution is 6.30. The summed E-state index contributed by atoms with van der Waals surface area (Å²) < 4.78 is 2.04. The second-order valence-electron chi connectivity index (χ2n) is 6.33. The van der Waals surface area contributed by atoms with Crippen LogP contribution in [0.2, 0.25) is 5.02 Å². The SMILES string of the molecule is CC(C)C(NCC1CNc2ccnn2C1)c1ccc(Cl)cc1. The van der Waals surface area contributed by atoms with Gasteiger partial charge in [-0.05, 0) is 23.6 Å². The van der Waals surface area contributed by atoms with E-state index >= 15 is 0 Å². The molecule has 0 aliphatic carbocycles. The van der Waals surface area contributed by atoms with Gasteiger partial charge < -0.3 is 10.6 Å². The Labute approximate surface area is 136 Å². The summed E-state index contributed by atoms with van der Waals surface area (Å²) in [5, 5.41) is 12.3. The summed E-state index contributed by atoms with van der Waals surface area (Å²) in [6.45, 7) is 7.42. The fourth-order valence-electron chi connectivity index (χ4n) is 3.03. The van der Waals surface area contributed by atoms with Crippen LogP contribution in [0.25, 0.3) is 0 Å². The molecule has 1 aromatic heterocycles. The first-order valence-corrected chi connectivity index (χ1v) is 8.26. The van der Waals surface area contributed by atoms with E-state index in [1.54, 1.807) is 0 Å². The van der Waals surface area contributed by atoms with Crippen LogP contribution in [-0.4, -0.2) is 22.9 Å². The van der Waals surface area contributed by atoms with Gasteiger partial charge in [0.1, 0.15) is 5.82 Å². The first kappa shape index (κ1) is 15.4. The van der Waals surface area contributed by atoms with E-state index in [1.807, 2.05) is 29.1 Å². The first-order chi connectivity index (χ1) is 10.6. The molecule has 22 heavy (non-hydrogen) atoms. The molecule has 3 rings (SSSR count). The highest BCUT2D eigenvalue weighted by atomic mass is 35.5. The van der Waals surface area contributed by atoms with Gasteiger partial charge in [-0.25, -0.2) is 4.68 Å². The van der Waals surface area contributed by atoms with Crippen LogP contribution < -0.4 is 10.6 Å². The van der Waals surface area contributed by atoms with Crippen molar-refractivity contribution in [2.45, 2.75) is 26.4 Å². The largest absolute Gasteiger partial charge is 0.370 e. The minimum Gasteiger partial charge on any atom is -0.370 e. The third kappa shape index (κ3) is 3.45. The summed E-state index contributed by atoms with van der Waals surface area (Å²) in [6.07, 6.45) is 1.85. The second-order valence-corrected chi connectivity index (χ2v) is 6.76. The number of fused-ring (bicyclic) bond motifs is 1. The maximum atomic E-state index is 5.99. The Bertz CT molecular complexity index is 605. The van der Waals surface area contributed by atoms with Crippen molar-refractivity contribution in [1.29, 1.82) is 0 Å². The molecular formula is C17H23ClN4. The molecule has 0 spiro atoms. The molecule has 1 aliphatic heterocycles. The molecule has 1 aromatic carbocycles. The van der Waals surface area contributed by atoms with Crippen molar-refractivity contribution < 1.29 is 0 Å². The van der Waals surface area contributed by atoms with Gasteiger partial charge in [0.15, 0.2) is 0 Å². The van der Waals surface area contributed by atoms with Crippen molar-refractivity contribution in [3.05, 3.63) is 47.1 Å². The maximum absolute atomic E-state index is 5.99. The molecule has 2 atom stereocenters. The van der Waals surface area contributed by atoms with Gasteiger partial charge in [-0.1, -0.05) is 37.6 Å².